The van der Waals surface area contributed by atoms with E-state index in [1.807, 2.05) is 6.08 Å². The standard InChI is InChI=1S/C26H38F2O5/c1-2-3-4-5-6-11-17-26(25(27)28)18-16-21(29)20(26)13-8-7-9-14-22(24(30)31)33-23-15-10-12-19-32-23/h7-8,10-12,15,17,19-23,25,29H,2-6,9,13-14,16,18H2,1H3,(H,30,31)/b8-7?,17-11+/t20-,21-,22?,23?,26-/m0/s1. The van der Waals surface area contributed by atoms with E-state index < -0.39 is 42.2 Å². The normalized spacial score (nSPS) is 28.2. The van der Waals surface area contributed by atoms with Crippen molar-refractivity contribution in [3.63, 3.8) is 0 Å². The summed E-state index contributed by atoms with van der Waals surface area (Å²) in [4.78, 5) is 11.5. The average Bonchev–Trinajstić information content (AvgIpc) is 3.12. The third kappa shape index (κ3) is 8.38. The highest BCUT2D eigenvalue weighted by Gasteiger charge is 2.51. The van der Waals surface area contributed by atoms with Gasteiger partial charge >= 0.3 is 5.97 Å². The number of carboxylic acids is 1. The third-order valence-corrected chi connectivity index (χ3v) is 6.48. The summed E-state index contributed by atoms with van der Waals surface area (Å²) in [6.07, 6.45) is 15.2. The van der Waals surface area contributed by atoms with Crippen molar-refractivity contribution in [3.05, 3.63) is 48.8 Å². The zero-order chi connectivity index (χ0) is 24.1. The van der Waals surface area contributed by atoms with Crippen LogP contribution in [0.5, 0.6) is 0 Å². The van der Waals surface area contributed by atoms with Crippen LogP contribution in [0, 0.1) is 11.3 Å². The van der Waals surface area contributed by atoms with Crippen molar-refractivity contribution in [1.82, 2.24) is 0 Å². The minimum atomic E-state index is -2.54. The lowest BCUT2D eigenvalue weighted by Crippen LogP contribution is -2.35. The molecule has 0 radical (unpaired) electrons. The number of carbonyl (C=O) groups is 1. The fraction of sp³-hybridized carbons (Fsp3) is 0.654. The molecule has 1 aliphatic carbocycles. The Bertz CT molecular complexity index is 703. The number of aliphatic hydroxyl groups is 1. The number of carboxylic acid groups (broad SMARTS) is 1. The van der Waals surface area contributed by atoms with Gasteiger partial charge in [0.05, 0.1) is 17.8 Å². The van der Waals surface area contributed by atoms with E-state index in [2.05, 4.69) is 6.92 Å². The molecule has 1 saturated carbocycles. The number of hydrogen-bond acceptors (Lipinski definition) is 4. The Morgan fingerprint density at radius 1 is 1.21 bits per heavy atom. The first kappa shape index (κ1) is 27.3. The highest BCUT2D eigenvalue weighted by atomic mass is 19.3. The van der Waals surface area contributed by atoms with E-state index >= 15 is 0 Å². The summed E-state index contributed by atoms with van der Waals surface area (Å²) in [5.74, 6) is -1.64. The van der Waals surface area contributed by atoms with Gasteiger partial charge in [0.2, 0.25) is 12.7 Å². The van der Waals surface area contributed by atoms with Crippen molar-refractivity contribution < 1.29 is 33.3 Å². The van der Waals surface area contributed by atoms with Crippen LogP contribution in [0.25, 0.3) is 0 Å². The van der Waals surface area contributed by atoms with Gasteiger partial charge < -0.3 is 19.7 Å². The van der Waals surface area contributed by atoms with Crippen molar-refractivity contribution in [2.45, 2.75) is 96.1 Å². The molecule has 5 nitrogen and oxygen atoms in total. The molecule has 186 valence electrons. The van der Waals surface area contributed by atoms with Crippen LogP contribution in [0.2, 0.25) is 0 Å². The lowest BCUT2D eigenvalue weighted by Gasteiger charge is -2.32. The fourth-order valence-electron chi connectivity index (χ4n) is 4.53. The fourth-order valence-corrected chi connectivity index (χ4v) is 4.53. The molecule has 1 fully saturated rings. The Hall–Kier alpha value is -1.99. The minimum Gasteiger partial charge on any atom is -0.479 e. The second-order valence-electron chi connectivity index (χ2n) is 8.84. The summed E-state index contributed by atoms with van der Waals surface area (Å²) >= 11 is 0. The second kappa shape index (κ2) is 14.3. The smallest absolute Gasteiger partial charge is 0.333 e. The highest BCUT2D eigenvalue weighted by Crippen LogP contribution is 2.51. The zero-order valence-corrected chi connectivity index (χ0v) is 19.5. The van der Waals surface area contributed by atoms with Gasteiger partial charge in [-0.1, -0.05) is 56.6 Å². The van der Waals surface area contributed by atoms with Crippen molar-refractivity contribution in [3.8, 4) is 0 Å². The number of ether oxygens (including phenoxy) is 2. The number of rotatable bonds is 15. The van der Waals surface area contributed by atoms with Crippen LogP contribution >= 0.6 is 0 Å². The molecule has 1 heterocycles. The Morgan fingerprint density at radius 3 is 2.70 bits per heavy atom. The number of allylic oxidation sites excluding steroid dienone is 6. The first-order chi connectivity index (χ1) is 15.9. The van der Waals surface area contributed by atoms with E-state index in [1.54, 1.807) is 36.5 Å². The molecule has 33 heavy (non-hydrogen) atoms. The number of halogens is 2. The summed E-state index contributed by atoms with van der Waals surface area (Å²) in [7, 11) is 0. The maximum Gasteiger partial charge on any atom is 0.333 e. The molecular formula is C26H38F2O5. The second-order valence-corrected chi connectivity index (χ2v) is 8.84. The van der Waals surface area contributed by atoms with Crippen molar-refractivity contribution in [1.29, 1.82) is 0 Å². The highest BCUT2D eigenvalue weighted by molar-refractivity contribution is 5.72. The minimum absolute atomic E-state index is 0.230. The van der Waals surface area contributed by atoms with Gasteiger partial charge in [-0.2, -0.15) is 0 Å². The molecule has 5 atom stereocenters. The van der Waals surface area contributed by atoms with E-state index in [9.17, 15) is 23.8 Å². The number of hydrogen-bond donors (Lipinski definition) is 2. The molecule has 2 N–H and O–H groups in total. The Morgan fingerprint density at radius 2 is 2.03 bits per heavy atom. The molecule has 0 aromatic heterocycles. The lowest BCUT2D eigenvalue weighted by molar-refractivity contribution is -0.168. The predicted molar refractivity (Wildman–Crippen MR) is 124 cm³/mol. The SMILES string of the molecule is CCCCCC/C=C/[C@]1(C(F)F)CC[C@H](O)[C@@H]1CC=CCCC(OC1C=CC=CO1)C(=O)O. The Kier molecular flexibility index (Phi) is 11.8. The van der Waals surface area contributed by atoms with Gasteiger partial charge in [0.15, 0.2) is 6.10 Å². The first-order valence-electron chi connectivity index (χ1n) is 12.1. The van der Waals surface area contributed by atoms with Gasteiger partial charge in [-0.3, -0.25) is 0 Å². The van der Waals surface area contributed by atoms with Crippen LogP contribution in [-0.2, 0) is 14.3 Å². The van der Waals surface area contributed by atoms with Gasteiger partial charge in [-0.15, -0.1) is 0 Å². The van der Waals surface area contributed by atoms with E-state index in [1.165, 1.54) is 6.26 Å². The zero-order valence-electron chi connectivity index (χ0n) is 19.5. The van der Waals surface area contributed by atoms with Gasteiger partial charge in [-0.05, 0) is 57.1 Å². The Labute approximate surface area is 195 Å². The van der Waals surface area contributed by atoms with E-state index in [4.69, 9.17) is 9.47 Å². The molecule has 2 unspecified atom stereocenters. The molecule has 0 spiro atoms. The van der Waals surface area contributed by atoms with Crippen LogP contribution < -0.4 is 0 Å². The van der Waals surface area contributed by atoms with Gasteiger partial charge in [0.25, 0.3) is 0 Å². The van der Waals surface area contributed by atoms with E-state index in [0.717, 1.165) is 32.1 Å². The van der Waals surface area contributed by atoms with Crippen molar-refractivity contribution >= 4 is 5.97 Å². The predicted octanol–water partition coefficient (Wildman–Crippen LogP) is 6.16. The topological polar surface area (TPSA) is 76.0 Å². The van der Waals surface area contributed by atoms with Gasteiger partial charge in [0, 0.05) is 5.92 Å². The molecule has 2 rings (SSSR count). The summed E-state index contributed by atoms with van der Waals surface area (Å²) in [5.41, 5.74) is -1.31. The monoisotopic (exact) mass is 468 g/mol. The van der Waals surface area contributed by atoms with Crippen LogP contribution in [0.4, 0.5) is 8.78 Å². The van der Waals surface area contributed by atoms with Crippen LogP contribution in [0.1, 0.15) is 71.1 Å². The summed E-state index contributed by atoms with van der Waals surface area (Å²) < 4.78 is 38.9. The third-order valence-electron chi connectivity index (χ3n) is 6.48. The van der Waals surface area contributed by atoms with Crippen LogP contribution in [0.15, 0.2) is 48.8 Å². The van der Waals surface area contributed by atoms with Crippen molar-refractivity contribution in [2.75, 3.05) is 0 Å². The van der Waals surface area contributed by atoms with Crippen LogP contribution in [0.3, 0.4) is 0 Å². The maximum atomic E-state index is 14.2. The summed E-state index contributed by atoms with van der Waals surface area (Å²) in [5, 5.41) is 19.8. The van der Waals surface area contributed by atoms with E-state index in [-0.39, 0.29) is 12.8 Å². The molecule has 2 aliphatic rings. The molecule has 0 aromatic rings. The van der Waals surface area contributed by atoms with Gasteiger partial charge in [-0.25, -0.2) is 13.6 Å². The number of aliphatic carboxylic acids is 1. The van der Waals surface area contributed by atoms with Gasteiger partial charge in [0.1, 0.15) is 0 Å². The molecule has 7 heteroatoms. The first-order valence-corrected chi connectivity index (χ1v) is 12.1. The molecule has 1 aliphatic heterocycles. The largest absolute Gasteiger partial charge is 0.479 e. The average molecular weight is 469 g/mol. The van der Waals surface area contributed by atoms with E-state index in [0.29, 0.717) is 19.3 Å². The molecular weight excluding hydrogens is 430 g/mol. The summed E-state index contributed by atoms with van der Waals surface area (Å²) in [6.45, 7) is 2.13. The molecule has 0 aromatic carbocycles. The van der Waals surface area contributed by atoms with Crippen molar-refractivity contribution in [2.24, 2.45) is 11.3 Å². The number of aliphatic hydroxyl groups excluding tert-OH is 1. The molecule has 0 bridgehead atoms. The number of alkyl halides is 2. The Balaban J connectivity index is 1.88. The maximum absolute atomic E-state index is 14.2. The summed E-state index contributed by atoms with van der Waals surface area (Å²) in [6, 6.07) is 0. The quantitative estimate of drug-likeness (QED) is 0.222. The number of unbranched alkanes of at least 4 members (excludes halogenated alkanes) is 4. The lowest BCUT2D eigenvalue weighted by atomic mass is 9.75. The van der Waals surface area contributed by atoms with Crippen LogP contribution in [-0.4, -0.2) is 41.1 Å². The molecule has 0 amide bonds. The molecule has 0 saturated heterocycles.